The maximum absolute atomic E-state index is 11.0. The van der Waals surface area contributed by atoms with Gasteiger partial charge in [0.15, 0.2) is 0 Å². The zero-order valence-corrected chi connectivity index (χ0v) is 4.60. The second-order valence-electron chi connectivity index (χ2n) is 0.747. The Labute approximate surface area is 46.7 Å². The number of hydrogen-bond acceptors (Lipinski definition) is 0. The van der Waals surface area contributed by atoms with Gasteiger partial charge in [-0.05, 0) is 0 Å². The maximum atomic E-state index is 11.0. The fourth-order valence-electron chi connectivity index (χ4n) is 0. The third-order valence-electron chi connectivity index (χ3n) is 0.207. The summed E-state index contributed by atoms with van der Waals surface area (Å²) in [6, 6.07) is 0. The van der Waals surface area contributed by atoms with Gasteiger partial charge in [-0.2, -0.15) is 0 Å². The van der Waals surface area contributed by atoms with E-state index in [9.17, 15) is 17.6 Å². The second-order valence-corrected chi connectivity index (χ2v) is 1.51. The quantitative estimate of drug-likeness (QED) is 0.408. The summed E-state index contributed by atoms with van der Waals surface area (Å²) in [5.74, 6) is 0. The van der Waals surface area contributed by atoms with Gasteiger partial charge in [0.1, 0.15) is 0 Å². The molecule has 5 heteroatoms. The summed E-state index contributed by atoms with van der Waals surface area (Å²) in [4.78, 5) is 0. The molecule has 7 heavy (non-hydrogen) atoms. The van der Waals surface area contributed by atoms with Gasteiger partial charge in [-0.15, -0.1) is 0 Å². The van der Waals surface area contributed by atoms with Gasteiger partial charge in [-0.3, -0.25) is 0 Å². The molecular weight excluding hydrogens is 201 g/mol. The first-order chi connectivity index (χ1) is 2.94. The molecule has 0 saturated carbocycles. The molecule has 0 aromatic rings. The fourth-order valence-corrected chi connectivity index (χ4v) is 0. The van der Waals surface area contributed by atoms with E-state index >= 15 is 0 Å². The Morgan fingerprint density at radius 2 is 1.43 bits per heavy atom. The summed E-state index contributed by atoms with van der Waals surface area (Å²) in [6.07, 6.45) is -4.78. The van der Waals surface area contributed by atoms with E-state index in [1.165, 1.54) is 0 Å². The fraction of sp³-hybridized carbons (Fsp3) is 0.500. The Morgan fingerprint density at radius 3 is 1.43 bits per heavy atom. The SMILES string of the molecule is F[C](=[Ru])C(F)(F)F. The first-order valence-corrected chi connectivity index (χ1v) is 2.05. The molecule has 0 aliphatic heterocycles. The monoisotopic (exact) mass is 202 g/mol. The average Bonchev–Trinajstić information content (AvgIpc) is 1.31. The second kappa shape index (κ2) is 1.99. The number of hydrogen-bond donors (Lipinski definition) is 0. The van der Waals surface area contributed by atoms with E-state index in [2.05, 4.69) is 0 Å². The molecule has 0 heterocycles. The Hall–Kier alpha value is 0.213. The van der Waals surface area contributed by atoms with E-state index in [0.717, 1.165) is 17.9 Å². The van der Waals surface area contributed by atoms with Crippen molar-refractivity contribution in [2.24, 2.45) is 0 Å². The molecule has 0 aliphatic rings. The molecule has 0 fully saturated rings. The van der Waals surface area contributed by atoms with Crippen molar-refractivity contribution in [2.45, 2.75) is 6.18 Å². The van der Waals surface area contributed by atoms with E-state index in [-0.39, 0.29) is 0 Å². The van der Waals surface area contributed by atoms with E-state index in [1.807, 2.05) is 0 Å². The van der Waals surface area contributed by atoms with Crippen molar-refractivity contribution in [1.29, 1.82) is 0 Å². The standard InChI is InChI=1S/C2F4.Ru/c3-1-2(4,5)6;. The van der Waals surface area contributed by atoms with Crippen LogP contribution < -0.4 is 0 Å². The van der Waals surface area contributed by atoms with Crippen LogP contribution in [0, 0.1) is 0 Å². The van der Waals surface area contributed by atoms with Crippen LogP contribution in [0.25, 0.3) is 0 Å². The first kappa shape index (κ1) is 7.21. The minimum absolute atomic E-state index is 0.840. The van der Waals surface area contributed by atoms with Crippen LogP contribution in [0.5, 0.6) is 0 Å². The van der Waals surface area contributed by atoms with Crippen LogP contribution in [0.1, 0.15) is 0 Å². The molecule has 0 rings (SSSR count). The van der Waals surface area contributed by atoms with Crippen LogP contribution in [-0.2, 0) is 17.9 Å². The summed E-state index contributed by atoms with van der Waals surface area (Å²) < 4.78 is 41.1. The van der Waals surface area contributed by atoms with Crippen molar-refractivity contribution in [3.8, 4) is 0 Å². The zero-order valence-electron chi connectivity index (χ0n) is 2.87. The van der Waals surface area contributed by atoms with E-state index in [0.29, 0.717) is 0 Å². The van der Waals surface area contributed by atoms with Crippen LogP contribution >= 0.6 is 0 Å². The van der Waals surface area contributed by atoms with E-state index in [1.54, 1.807) is 0 Å². The molecule has 0 bridgehead atoms. The van der Waals surface area contributed by atoms with Crippen molar-refractivity contribution in [3.05, 3.63) is 0 Å². The summed E-state index contributed by atoms with van der Waals surface area (Å²) in [6.45, 7) is 0. The molecule has 0 unspecified atom stereocenters. The summed E-state index contributed by atoms with van der Waals surface area (Å²) in [5, 5.41) is 0. The van der Waals surface area contributed by atoms with Gasteiger partial charge >= 0.3 is 45.9 Å². The molecule has 0 atom stereocenters. The number of rotatable bonds is 0. The predicted octanol–water partition coefficient (Wildman–Crippen LogP) is 1.19. The Balaban J connectivity index is 3.79. The van der Waals surface area contributed by atoms with E-state index < -0.39 is 10.5 Å². The van der Waals surface area contributed by atoms with Gasteiger partial charge in [-0.1, -0.05) is 0 Å². The molecule has 0 saturated heterocycles. The van der Waals surface area contributed by atoms with Crippen molar-refractivity contribution in [2.75, 3.05) is 0 Å². The van der Waals surface area contributed by atoms with Crippen LogP contribution in [-0.4, -0.2) is 10.5 Å². The van der Waals surface area contributed by atoms with Crippen molar-refractivity contribution in [1.82, 2.24) is 0 Å². The molecule has 0 spiro atoms. The van der Waals surface area contributed by atoms with Crippen LogP contribution in [0.3, 0.4) is 0 Å². The number of alkyl halides is 3. The Bertz CT molecular complexity index is 82.2. The summed E-state index contributed by atoms with van der Waals surface area (Å²) in [5.41, 5.74) is 0. The van der Waals surface area contributed by atoms with Gasteiger partial charge in [0.25, 0.3) is 0 Å². The van der Waals surface area contributed by atoms with Crippen molar-refractivity contribution >= 4 is 4.36 Å². The molecule has 0 nitrogen and oxygen atoms in total. The predicted molar refractivity (Wildman–Crippen MR) is 12.2 cm³/mol. The molecule has 0 amide bonds. The molecule has 0 radical (unpaired) electrons. The van der Waals surface area contributed by atoms with Gasteiger partial charge in [0, 0.05) is 0 Å². The molecule has 0 aliphatic carbocycles. The van der Waals surface area contributed by atoms with E-state index in [4.69, 9.17) is 0 Å². The zero-order chi connectivity index (χ0) is 6.08. The van der Waals surface area contributed by atoms with Gasteiger partial charge < -0.3 is 0 Å². The first-order valence-electron chi connectivity index (χ1n) is 1.18. The Kier molecular flexibility index (Phi) is 2.05. The number of halogens is 4. The van der Waals surface area contributed by atoms with Gasteiger partial charge in [0.2, 0.25) is 0 Å². The summed E-state index contributed by atoms with van der Waals surface area (Å²) in [7, 11) is 0. The molecule has 44 valence electrons. The van der Waals surface area contributed by atoms with Gasteiger partial charge in [-0.25, -0.2) is 0 Å². The van der Waals surface area contributed by atoms with Gasteiger partial charge in [0.05, 0.1) is 0 Å². The normalized spacial score (nSPS) is 11.6. The summed E-state index contributed by atoms with van der Waals surface area (Å²) >= 11 is 0.840. The molecular formula is C2F4Ru. The van der Waals surface area contributed by atoms with Crippen LogP contribution in [0.4, 0.5) is 17.6 Å². The molecule has 0 aromatic heterocycles. The molecule has 0 aromatic carbocycles. The third kappa shape index (κ3) is 2.86. The topological polar surface area (TPSA) is 0 Å². The van der Waals surface area contributed by atoms with Crippen molar-refractivity contribution < 1.29 is 35.4 Å². The van der Waals surface area contributed by atoms with Crippen LogP contribution in [0.15, 0.2) is 0 Å². The minimum atomic E-state index is -4.78. The average molecular weight is 201 g/mol. The Morgan fingerprint density at radius 1 is 1.29 bits per heavy atom. The third-order valence-corrected chi connectivity index (χ3v) is 0.700. The van der Waals surface area contributed by atoms with Crippen molar-refractivity contribution in [3.63, 3.8) is 0 Å². The molecule has 0 N–H and O–H groups in total. The van der Waals surface area contributed by atoms with Crippen LogP contribution in [0.2, 0.25) is 0 Å².